The van der Waals surface area contributed by atoms with Gasteiger partial charge in [-0.25, -0.2) is 8.42 Å². The third kappa shape index (κ3) is 5.60. The molecule has 2 aromatic carbocycles. The number of aryl methyl sites for hydroxylation is 2. The van der Waals surface area contributed by atoms with Gasteiger partial charge in [-0.15, -0.1) is 0 Å². The molecule has 0 spiro atoms. The van der Waals surface area contributed by atoms with Crippen molar-refractivity contribution in [3.05, 3.63) is 71.9 Å². The second-order valence-electron chi connectivity index (χ2n) is 8.40. The summed E-state index contributed by atoms with van der Waals surface area (Å²) in [7, 11) is -3.55. The van der Waals surface area contributed by atoms with Crippen molar-refractivity contribution in [2.45, 2.75) is 43.4 Å². The minimum absolute atomic E-state index is 0.0300. The maximum Gasteiger partial charge on any atom is 0.227 e. The number of benzene rings is 2. The van der Waals surface area contributed by atoms with Crippen LogP contribution in [0.1, 0.15) is 30.6 Å². The van der Waals surface area contributed by atoms with Crippen LogP contribution in [-0.2, 0) is 26.8 Å². The van der Waals surface area contributed by atoms with Crippen LogP contribution in [0.15, 0.2) is 64.0 Å². The van der Waals surface area contributed by atoms with Crippen LogP contribution in [0.5, 0.6) is 0 Å². The number of hydrogen-bond acceptors (Lipinski definition) is 7. The van der Waals surface area contributed by atoms with Gasteiger partial charge in [0.05, 0.1) is 4.90 Å². The van der Waals surface area contributed by atoms with Gasteiger partial charge in [0.2, 0.25) is 11.8 Å². The predicted octanol–water partition coefficient (Wildman–Crippen LogP) is 3.02. The molecular weight excluding hydrogens is 440 g/mol. The van der Waals surface area contributed by atoms with E-state index in [1.807, 2.05) is 4.90 Å². The van der Waals surface area contributed by atoms with Gasteiger partial charge in [0.15, 0.2) is 15.7 Å². The van der Waals surface area contributed by atoms with Crippen LogP contribution in [-0.4, -0.2) is 55.0 Å². The van der Waals surface area contributed by atoms with E-state index in [0.717, 1.165) is 6.54 Å². The molecule has 4 rings (SSSR count). The molecule has 3 aromatic rings. The second kappa shape index (κ2) is 9.74. The number of sulfone groups is 1. The van der Waals surface area contributed by atoms with Crippen molar-refractivity contribution in [3.8, 4) is 0 Å². The standard InChI is InChI=1S/C24H28N4O4S/c1-18-7-6-8-20(15-18)28-14-13-27(16-19(28)2)24(29)12-11-23-25-22(26-32-23)17-33(30,31)21-9-4-3-5-10-21/h3-10,15,19H,11-14,16-17H2,1-2H3. The SMILES string of the molecule is Cc1cccc(N2CCN(C(=O)CCc3nc(CS(=O)(=O)c4ccccc4)no3)CC2C)c1. The highest BCUT2D eigenvalue weighted by molar-refractivity contribution is 7.90. The number of amides is 1. The molecule has 2 heterocycles. The molecule has 174 valence electrons. The van der Waals surface area contributed by atoms with E-state index in [0.29, 0.717) is 13.1 Å². The van der Waals surface area contributed by atoms with Crippen molar-refractivity contribution in [2.24, 2.45) is 0 Å². The molecule has 0 aliphatic carbocycles. The average molecular weight is 469 g/mol. The Labute approximate surface area is 194 Å². The van der Waals surface area contributed by atoms with E-state index in [-0.39, 0.29) is 47.2 Å². The number of piperazine rings is 1. The molecule has 1 fully saturated rings. The van der Waals surface area contributed by atoms with Gasteiger partial charge >= 0.3 is 0 Å². The number of hydrogen-bond donors (Lipinski definition) is 0. The maximum absolute atomic E-state index is 12.8. The van der Waals surface area contributed by atoms with Crippen LogP contribution in [0.3, 0.4) is 0 Å². The summed E-state index contributed by atoms with van der Waals surface area (Å²) >= 11 is 0. The van der Waals surface area contributed by atoms with Gasteiger partial charge in [0.25, 0.3) is 0 Å². The first-order valence-corrected chi connectivity index (χ1v) is 12.7. The van der Waals surface area contributed by atoms with E-state index in [1.54, 1.807) is 18.2 Å². The summed E-state index contributed by atoms with van der Waals surface area (Å²) in [5.41, 5.74) is 2.40. The summed E-state index contributed by atoms with van der Waals surface area (Å²) < 4.78 is 30.1. The first-order chi connectivity index (χ1) is 15.8. The number of rotatable bonds is 7. The summed E-state index contributed by atoms with van der Waals surface area (Å²) in [6.45, 7) is 6.28. The molecule has 0 radical (unpaired) electrons. The first kappa shape index (κ1) is 23.0. The summed E-state index contributed by atoms with van der Waals surface area (Å²) in [6.07, 6.45) is 0.522. The van der Waals surface area contributed by atoms with E-state index in [1.165, 1.54) is 23.4 Å². The molecule has 0 saturated carbocycles. The fourth-order valence-electron chi connectivity index (χ4n) is 4.08. The van der Waals surface area contributed by atoms with Crippen molar-refractivity contribution in [1.82, 2.24) is 15.0 Å². The van der Waals surface area contributed by atoms with Crippen molar-refractivity contribution in [1.29, 1.82) is 0 Å². The van der Waals surface area contributed by atoms with Crippen LogP contribution < -0.4 is 4.90 Å². The van der Waals surface area contributed by atoms with Gasteiger partial charge in [-0.2, -0.15) is 4.98 Å². The van der Waals surface area contributed by atoms with Crippen molar-refractivity contribution in [3.63, 3.8) is 0 Å². The van der Waals surface area contributed by atoms with Gasteiger partial charge in [0, 0.05) is 44.2 Å². The molecule has 8 nitrogen and oxygen atoms in total. The Kier molecular flexibility index (Phi) is 6.78. The third-order valence-electron chi connectivity index (χ3n) is 5.80. The van der Waals surface area contributed by atoms with E-state index < -0.39 is 9.84 Å². The highest BCUT2D eigenvalue weighted by Gasteiger charge is 2.27. The van der Waals surface area contributed by atoms with E-state index >= 15 is 0 Å². The number of nitrogens with zero attached hydrogens (tertiary/aromatic N) is 4. The molecule has 1 aliphatic rings. The lowest BCUT2D eigenvalue weighted by Crippen LogP contribution is -2.53. The molecule has 1 amide bonds. The predicted molar refractivity (Wildman–Crippen MR) is 125 cm³/mol. The van der Waals surface area contributed by atoms with Gasteiger partial charge in [-0.3, -0.25) is 4.79 Å². The zero-order chi connectivity index (χ0) is 23.4. The van der Waals surface area contributed by atoms with Gasteiger partial charge in [-0.05, 0) is 43.7 Å². The van der Waals surface area contributed by atoms with Gasteiger partial charge < -0.3 is 14.3 Å². The number of carbonyl (C=O) groups excluding carboxylic acids is 1. The Hall–Kier alpha value is -3.20. The molecule has 9 heteroatoms. The highest BCUT2D eigenvalue weighted by atomic mass is 32.2. The minimum Gasteiger partial charge on any atom is -0.365 e. The van der Waals surface area contributed by atoms with E-state index in [2.05, 4.69) is 53.2 Å². The number of aromatic nitrogens is 2. The van der Waals surface area contributed by atoms with Crippen molar-refractivity contribution >= 4 is 21.4 Å². The van der Waals surface area contributed by atoms with E-state index in [4.69, 9.17) is 4.52 Å². The van der Waals surface area contributed by atoms with Crippen LogP contribution in [0, 0.1) is 6.92 Å². The molecule has 33 heavy (non-hydrogen) atoms. The van der Waals surface area contributed by atoms with Crippen molar-refractivity contribution in [2.75, 3.05) is 24.5 Å². The van der Waals surface area contributed by atoms with E-state index in [9.17, 15) is 13.2 Å². The van der Waals surface area contributed by atoms with Crippen LogP contribution in [0.2, 0.25) is 0 Å². The quantitative estimate of drug-likeness (QED) is 0.526. The largest absolute Gasteiger partial charge is 0.365 e. The summed E-state index contributed by atoms with van der Waals surface area (Å²) in [5, 5.41) is 3.78. The smallest absolute Gasteiger partial charge is 0.227 e. The fraction of sp³-hybridized carbons (Fsp3) is 0.375. The summed E-state index contributed by atoms with van der Waals surface area (Å²) in [6, 6.07) is 16.8. The second-order valence-corrected chi connectivity index (χ2v) is 10.4. The molecular formula is C24H28N4O4S. The van der Waals surface area contributed by atoms with Crippen LogP contribution >= 0.6 is 0 Å². The molecule has 1 aromatic heterocycles. The lowest BCUT2D eigenvalue weighted by atomic mass is 10.1. The Morgan fingerprint density at radius 3 is 2.64 bits per heavy atom. The lowest BCUT2D eigenvalue weighted by Gasteiger charge is -2.41. The molecule has 1 unspecified atom stereocenters. The van der Waals surface area contributed by atoms with Gasteiger partial charge in [0.1, 0.15) is 5.75 Å². The van der Waals surface area contributed by atoms with Crippen molar-refractivity contribution < 1.29 is 17.7 Å². The highest BCUT2D eigenvalue weighted by Crippen LogP contribution is 2.22. The normalized spacial score (nSPS) is 16.7. The van der Waals surface area contributed by atoms with Crippen LogP contribution in [0.25, 0.3) is 0 Å². The monoisotopic (exact) mass is 468 g/mol. The molecule has 0 bridgehead atoms. The molecule has 1 atom stereocenters. The molecule has 1 aliphatic heterocycles. The Balaban J connectivity index is 1.30. The lowest BCUT2D eigenvalue weighted by molar-refractivity contribution is -0.132. The molecule has 1 saturated heterocycles. The Morgan fingerprint density at radius 1 is 1.12 bits per heavy atom. The number of carbonyl (C=O) groups is 1. The maximum atomic E-state index is 12.8. The zero-order valence-corrected chi connectivity index (χ0v) is 19.7. The third-order valence-corrected chi connectivity index (χ3v) is 7.43. The first-order valence-electron chi connectivity index (χ1n) is 11.0. The number of anilines is 1. The summed E-state index contributed by atoms with van der Waals surface area (Å²) in [4.78, 5) is 21.3. The zero-order valence-electron chi connectivity index (χ0n) is 18.8. The fourth-order valence-corrected chi connectivity index (χ4v) is 5.27. The topological polar surface area (TPSA) is 96.6 Å². The Bertz CT molecular complexity index is 1210. The van der Waals surface area contributed by atoms with Crippen LogP contribution in [0.4, 0.5) is 5.69 Å². The summed E-state index contributed by atoms with van der Waals surface area (Å²) in [5.74, 6) is 0.0598. The van der Waals surface area contributed by atoms with Gasteiger partial charge in [-0.1, -0.05) is 35.5 Å². The minimum atomic E-state index is -3.55. The average Bonchev–Trinajstić information content (AvgIpc) is 3.24. The Morgan fingerprint density at radius 2 is 1.91 bits per heavy atom. The molecule has 0 N–H and O–H groups in total.